The maximum atomic E-state index is 10.5. The summed E-state index contributed by atoms with van der Waals surface area (Å²) >= 11 is 1.82. The molecule has 1 atom stereocenters. The standard InChI is InChI=1S/C20H31N3OS.HI/c1-2-21-18(23-15-20(24)12-13-25-16-20)22-14-19(10-6-7-11-19)17-8-4-3-5-9-17;/h3-5,8-9,24H,2,6-7,10-16H2,1H3,(H2,21,22,23);1H. The first-order valence-corrected chi connectivity index (χ1v) is 10.7. The fourth-order valence-corrected chi connectivity index (χ4v) is 5.24. The van der Waals surface area contributed by atoms with E-state index >= 15 is 0 Å². The first-order valence-electron chi connectivity index (χ1n) is 9.54. The Labute approximate surface area is 179 Å². The highest BCUT2D eigenvalue weighted by molar-refractivity contribution is 14.0. The average Bonchev–Trinajstić information content (AvgIpc) is 3.29. The van der Waals surface area contributed by atoms with Gasteiger partial charge in [-0.15, -0.1) is 24.0 Å². The van der Waals surface area contributed by atoms with E-state index in [4.69, 9.17) is 0 Å². The molecule has 4 nitrogen and oxygen atoms in total. The first-order chi connectivity index (χ1) is 12.2. The van der Waals surface area contributed by atoms with E-state index in [1.54, 1.807) is 0 Å². The zero-order chi connectivity index (χ0) is 17.6. The number of thioether (sulfide) groups is 1. The van der Waals surface area contributed by atoms with Crippen LogP contribution < -0.4 is 10.6 Å². The van der Waals surface area contributed by atoms with Gasteiger partial charge in [0.1, 0.15) is 0 Å². The highest BCUT2D eigenvalue weighted by Crippen LogP contribution is 2.40. The molecule has 3 rings (SSSR count). The third-order valence-corrected chi connectivity index (χ3v) is 6.73. The Morgan fingerprint density at radius 2 is 1.88 bits per heavy atom. The zero-order valence-corrected chi connectivity index (χ0v) is 18.8. The van der Waals surface area contributed by atoms with E-state index in [1.165, 1.54) is 31.2 Å². The topological polar surface area (TPSA) is 56.7 Å². The van der Waals surface area contributed by atoms with E-state index in [0.717, 1.165) is 37.0 Å². The summed E-state index contributed by atoms with van der Waals surface area (Å²) in [6, 6.07) is 10.9. The third-order valence-electron chi connectivity index (χ3n) is 5.50. The summed E-state index contributed by atoms with van der Waals surface area (Å²) in [5, 5.41) is 17.4. The van der Waals surface area contributed by atoms with Gasteiger partial charge in [-0.05, 0) is 37.5 Å². The summed E-state index contributed by atoms with van der Waals surface area (Å²) in [6.45, 7) is 4.29. The molecule has 1 saturated heterocycles. The minimum absolute atomic E-state index is 0. The summed E-state index contributed by atoms with van der Waals surface area (Å²) in [6.07, 6.45) is 5.88. The SMILES string of the molecule is CCNC(=NCC1(O)CCSC1)NCC1(c2ccccc2)CCCC1.I. The molecule has 0 aromatic heterocycles. The minimum Gasteiger partial charge on any atom is -0.387 e. The summed E-state index contributed by atoms with van der Waals surface area (Å²) in [4.78, 5) is 4.68. The largest absolute Gasteiger partial charge is 0.387 e. The smallest absolute Gasteiger partial charge is 0.191 e. The molecule has 1 unspecified atom stereocenters. The normalized spacial score (nSPS) is 24.9. The lowest BCUT2D eigenvalue weighted by atomic mass is 9.79. The van der Waals surface area contributed by atoms with Gasteiger partial charge in [0.25, 0.3) is 0 Å². The Balaban J connectivity index is 0.00000243. The molecular weight excluding hydrogens is 457 g/mol. The van der Waals surface area contributed by atoms with E-state index in [-0.39, 0.29) is 29.4 Å². The molecular formula is C20H32IN3OS. The molecule has 0 spiro atoms. The van der Waals surface area contributed by atoms with Crippen LogP contribution in [0.5, 0.6) is 0 Å². The Bertz CT molecular complexity index is 570. The number of aliphatic hydroxyl groups is 1. The van der Waals surface area contributed by atoms with Crippen molar-refractivity contribution in [1.29, 1.82) is 0 Å². The molecule has 26 heavy (non-hydrogen) atoms. The number of nitrogens with one attached hydrogen (secondary N) is 2. The number of aliphatic imine (C=N–C) groups is 1. The van der Waals surface area contributed by atoms with Crippen LogP contribution in [0.4, 0.5) is 0 Å². The molecule has 2 aliphatic rings. The maximum Gasteiger partial charge on any atom is 0.191 e. The molecule has 1 aromatic carbocycles. The van der Waals surface area contributed by atoms with Crippen LogP contribution in [0, 0.1) is 0 Å². The predicted molar refractivity (Wildman–Crippen MR) is 123 cm³/mol. The Kier molecular flexibility index (Phi) is 8.54. The third kappa shape index (κ3) is 5.52. The Morgan fingerprint density at radius 1 is 1.15 bits per heavy atom. The van der Waals surface area contributed by atoms with Crippen LogP contribution in [0.15, 0.2) is 35.3 Å². The quantitative estimate of drug-likeness (QED) is 0.325. The molecule has 146 valence electrons. The molecule has 1 saturated carbocycles. The number of guanidine groups is 1. The van der Waals surface area contributed by atoms with E-state index < -0.39 is 5.60 Å². The van der Waals surface area contributed by atoms with Gasteiger partial charge in [0.2, 0.25) is 0 Å². The molecule has 1 aliphatic carbocycles. The van der Waals surface area contributed by atoms with Crippen molar-refractivity contribution in [3.05, 3.63) is 35.9 Å². The first kappa shape index (κ1) is 21.8. The van der Waals surface area contributed by atoms with Gasteiger partial charge in [0.05, 0.1) is 12.1 Å². The van der Waals surface area contributed by atoms with Crippen LogP contribution in [-0.2, 0) is 5.41 Å². The summed E-state index contributed by atoms with van der Waals surface area (Å²) in [5.74, 6) is 2.66. The number of hydrogen-bond donors (Lipinski definition) is 3. The van der Waals surface area contributed by atoms with Gasteiger partial charge < -0.3 is 15.7 Å². The van der Waals surface area contributed by atoms with Crippen LogP contribution in [0.1, 0.15) is 44.6 Å². The lowest BCUT2D eigenvalue weighted by Crippen LogP contribution is -2.45. The second-order valence-corrected chi connectivity index (χ2v) is 8.53. The molecule has 0 amide bonds. The highest BCUT2D eigenvalue weighted by atomic mass is 127. The van der Waals surface area contributed by atoms with E-state index in [1.807, 2.05) is 11.8 Å². The van der Waals surface area contributed by atoms with Gasteiger partial charge in [-0.2, -0.15) is 11.8 Å². The van der Waals surface area contributed by atoms with Crippen molar-refractivity contribution in [1.82, 2.24) is 10.6 Å². The van der Waals surface area contributed by atoms with Crippen LogP contribution in [0.25, 0.3) is 0 Å². The second kappa shape index (κ2) is 10.2. The highest BCUT2D eigenvalue weighted by Gasteiger charge is 2.36. The molecule has 1 heterocycles. The van der Waals surface area contributed by atoms with Crippen LogP contribution >= 0.6 is 35.7 Å². The number of nitrogens with zero attached hydrogens (tertiary/aromatic N) is 1. The zero-order valence-electron chi connectivity index (χ0n) is 15.7. The van der Waals surface area contributed by atoms with Crippen LogP contribution in [0.3, 0.4) is 0 Å². The van der Waals surface area contributed by atoms with Gasteiger partial charge >= 0.3 is 0 Å². The summed E-state index contributed by atoms with van der Waals surface area (Å²) < 4.78 is 0. The maximum absolute atomic E-state index is 10.5. The Morgan fingerprint density at radius 3 is 2.50 bits per heavy atom. The van der Waals surface area contributed by atoms with Crippen molar-refractivity contribution >= 4 is 41.7 Å². The van der Waals surface area contributed by atoms with E-state index in [9.17, 15) is 5.11 Å². The van der Waals surface area contributed by atoms with Gasteiger partial charge in [-0.25, -0.2) is 0 Å². The minimum atomic E-state index is -0.627. The van der Waals surface area contributed by atoms with Crippen molar-refractivity contribution in [3.8, 4) is 0 Å². The number of rotatable bonds is 6. The summed E-state index contributed by atoms with van der Waals surface area (Å²) in [5.41, 5.74) is 1.01. The predicted octanol–water partition coefficient (Wildman–Crippen LogP) is 3.54. The van der Waals surface area contributed by atoms with E-state index in [2.05, 4.69) is 52.9 Å². The average molecular weight is 489 g/mol. The van der Waals surface area contributed by atoms with Crippen molar-refractivity contribution in [2.45, 2.75) is 50.0 Å². The van der Waals surface area contributed by atoms with Gasteiger partial charge in [0, 0.05) is 24.3 Å². The number of halogens is 1. The Hall–Kier alpha value is -0.470. The van der Waals surface area contributed by atoms with Gasteiger partial charge in [0.15, 0.2) is 5.96 Å². The molecule has 1 aliphatic heterocycles. The van der Waals surface area contributed by atoms with Crippen molar-refractivity contribution < 1.29 is 5.11 Å². The van der Waals surface area contributed by atoms with E-state index in [0.29, 0.717) is 6.54 Å². The summed E-state index contributed by atoms with van der Waals surface area (Å²) in [7, 11) is 0. The lowest BCUT2D eigenvalue weighted by molar-refractivity contribution is 0.0778. The fourth-order valence-electron chi connectivity index (χ4n) is 3.95. The van der Waals surface area contributed by atoms with Crippen molar-refractivity contribution in [3.63, 3.8) is 0 Å². The molecule has 0 radical (unpaired) electrons. The van der Waals surface area contributed by atoms with Crippen LogP contribution in [0.2, 0.25) is 0 Å². The molecule has 1 aromatic rings. The molecule has 3 N–H and O–H groups in total. The second-order valence-electron chi connectivity index (χ2n) is 7.43. The molecule has 0 bridgehead atoms. The lowest BCUT2D eigenvalue weighted by Gasteiger charge is -2.31. The van der Waals surface area contributed by atoms with Gasteiger partial charge in [-0.3, -0.25) is 4.99 Å². The van der Waals surface area contributed by atoms with Crippen molar-refractivity contribution in [2.24, 2.45) is 4.99 Å². The number of hydrogen-bond acceptors (Lipinski definition) is 3. The van der Waals surface area contributed by atoms with Gasteiger partial charge in [-0.1, -0.05) is 43.2 Å². The molecule has 2 fully saturated rings. The van der Waals surface area contributed by atoms with Crippen LogP contribution in [-0.4, -0.2) is 47.8 Å². The molecule has 6 heteroatoms. The number of benzene rings is 1. The monoisotopic (exact) mass is 489 g/mol. The fraction of sp³-hybridized carbons (Fsp3) is 0.650. The van der Waals surface area contributed by atoms with Crippen molar-refractivity contribution in [2.75, 3.05) is 31.1 Å².